The van der Waals surface area contributed by atoms with Crippen molar-refractivity contribution < 1.29 is 8.78 Å². The molecule has 0 aromatic heterocycles. The molecule has 1 rings (SSSR count). The Morgan fingerprint density at radius 1 is 1.17 bits per heavy atom. The summed E-state index contributed by atoms with van der Waals surface area (Å²) in [5.41, 5.74) is 0.181. The van der Waals surface area contributed by atoms with Crippen LogP contribution in [0.4, 0.5) is 8.78 Å². The first kappa shape index (κ1) is 15.1. The van der Waals surface area contributed by atoms with Crippen molar-refractivity contribution in [3.63, 3.8) is 0 Å². The maximum atomic E-state index is 13.5. The molecular weight excluding hydrogens is 232 g/mol. The Morgan fingerprint density at radius 2 is 1.78 bits per heavy atom. The molecule has 0 radical (unpaired) electrons. The van der Waals surface area contributed by atoms with Gasteiger partial charge in [-0.15, -0.1) is 0 Å². The van der Waals surface area contributed by atoms with Crippen molar-refractivity contribution in [2.24, 2.45) is 5.92 Å². The predicted molar refractivity (Wildman–Crippen MR) is 71.6 cm³/mol. The van der Waals surface area contributed by atoms with Crippen molar-refractivity contribution in [1.29, 1.82) is 0 Å². The summed E-state index contributed by atoms with van der Waals surface area (Å²) in [6.45, 7) is 7.21. The lowest BCUT2D eigenvalue weighted by Gasteiger charge is -2.18. The van der Waals surface area contributed by atoms with Gasteiger partial charge in [-0.3, -0.25) is 0 Å². The van der Waals surface area contributed by atoms with Crippen molar-refractivity contribution in [3.05, 3.63) is 35.4 Å². The average molecular weight is 255 g/mol. The average Bonchev–Trinajstić information content (AvgIpc) is 2.32. The van der Waals surface area contributed by atoms with Crippen molar-refractivity contribution in [2.75, 3.05) is 6.54 Å². The van der Waals surface area contributed by atoms with Gasteiger partial charge in [0.15, 0.2) is 0 Å². The van der Waals surface area contributed by atoms with Crippen LogP contribution in [-0.2, 0) is 6.42 Å². The van der Waals surface area contributed by atoms with Crippen molar-refractivity contribution >= 4 is 0 Å². The third-order valence-electron chi connectivity index (χ3n) is 3.17. The van der Waals surface area contributed by atoms with Crippen LogP contribution in [0.2, 0.25) is 0 Å². The van der Waals surface area contributed by atoms with Gasteiger partial charge in [0.2, 0.25) is 0 Å². The first-order chi connectivity index (χ1) is 8.54. The van der Waals surface area contributed by atoms with Gasteiger partial charge in [0.05, 0.1) is 0 Å². The molecular formula is C15H23F2N. The normalized spacial score (nSPS) is 14.5. The van der Waals surface area contributed by atoms with Crippen LogP contribution in [0.25, 0.3) is 0 Å². The predicted octanol–water partition coefficient (Wildman–Crippen LogP) is 3.92. The molecule has 0 spiro atoms. The second kappa shape index (κ2) is 7.47. The van der Waals surface area contributed by atoms with Crippen LogP contribution >= 0.6 is 0 Å². The minimum atomic E-state index is -0.453. The summed E-state index contributed by atoms with van der Waals surface area (Å²) < 4.78 is 26.9. The topological polar surface area (TPSA) is 12.0 Å². The van der Waals surface area contributed by atoms with E-state index >= 15 is 0 Å². The van der Waals surface area contributed by atoms with Crippen LogP contribution in [-0.4, -0.2) is 12.6 Å². The van der Waals surface area contributed by atoms with E-state index in [2.05, 4.69) is 19.2 Å². The molecule has 0 aliphatic heterocycles. The SMILES string of the molecule is CCCC(C)CNC(C)Cc1c(F)cccc1F. The van der Waals surface area contributed by atoms with Gasteiger partial charge in [-0.25, -0.2) is 8.78 Å². The molecule has 2 atom stereocenters. The zero-order valence-electron chi connectivity index (χ0n) is 11.5. The van der Waals surface area contributed by atoms with E-state index in [0.717, 1.165) is 6.54 Å². The van der Waals surface area contributed by atoms with E-state index in [1.165, 1.54) is 31.0 Å². The molecule has 0 aliphatic carbocycles. The van der Waals surface area contributed by atoms with Gasteiger partial charge < -0.3 is 5.32 Å². The fourth-order valence-electron chi connectivity index (χ4n) is 2.10. The Kier molecular flexibility index (Phi) is 6.27. The minimum Gasteiger partial charge on any atom is -0.314 e. The fraction of sp³-hybridized carbons (Fsp3) is 0.600. The second-order valence-electron chi connectivity index (χ2n) is 5.11. The molecule has 1 aromatic rings. The molecule has 2 unspecified atom stereocenters. The summed E-state index contributed by atoms with van der Waals surface area (Å²) in [6.07, 6.45) is 2.73. The largest absolute Gasteiger partial charge is 0.314 e. The zero-order chi connectivity index (χ0) is 13.5. The summed E-state index contributed by atoms with van der Waals surface area (Å²) in [7, 11) is 0. The van der Waals surface area contributed by atoms with Gasteiger partial charge in [0.1, 0.15) is 11.6 Å². The lowest BCUT2D eigenvalue weighted by atomic mass is 10.0. The molecule has 1 N–H and O–H groups in total. The molecule has 0 bridgehead atoms. The zero-order valence-corrected chi connectivity index (χ0v) is 11.5. The first-order valence-corrected chi connectivity index (χ1v) is 6.70. The number of benzene rings is 1. The number of halogens is 2. The maximum absolute atomic E-state index is 13.5. The molecule has 0 fully saturated rings. The summed E-state index contributed by atoms with van der Waals surface area (Å²) in [6, 6.07) is 4.10. The van der Waals surface area contributed by atoms with Crippen LogP contribution in [0.1, 0.15) is 39.2 Å². The molecule has 0 saturated heterocycles. The van der Waals surface area contributed by atoms with E-state index in [1.807, 2.05) is 6.92 Å². The summed E-state index contributed by atoms with van der Waals surface area (Å²) >= 11 is 0. The van der Waals surface area contributed by atoms with Gasteiger partial charge in [-0.05, 0) is 44.4 Å². The van der Waals surface area contributed by atoms with E-state index in [-0.39, 0.29) is 11.6 Å². The van der Waals surface area contributed by atoms with Crippen LogP contribution in [0.3, 0.4) is 0 Å². The number of hydrogen-bond donors (Lipinski definition) is 1. The van der Waals surface area contributed by atoms with E-state index in [4.69, 9.17) is 0 Å². The molecule has 1 nitrogen and oxygen atoms in total. The Balaban J connectivity index is 2.47. The third-order valence-corrected chi connectivity index (χ3v) is 3.17. The monoisotopic (exact) mass is 255 g/mol. The number of rotatable bonds is 7. The Morgan fingerprint density at radius 3 is 2.33 bits per heavy atom. The highest BCUT2D eigenvalue weighted by atomic mass is 19.1. The van der Waals surface area contributed by atoms with E-state index in [1.54, 1.807) is 0 Å². The highest BCUT2D eigenvalue weighted by molar-refractivity contribution is 5.20. The number of hydrogen-bond acceptors (Lipinski definition) is 1. The second-order valence-corrected chi connectivity index (χ2v) is 5.11. The smallest absolute Gasteiger partial charge is 0.129 e. The molecule has 18 heavy (non-hydrogen) atoms. The standard InChI is InChI=1S/C15H23F2N/c1-4-6-11(2)10-18-12(3)9-13-14(16)7-5-8-15(13)17/h5,7-8,11-12,18H,4,6,9-10H2,1-3H3. The van der Waals surface area contributed by atoms with Crippen molar-refractivity contribution in [1.82, 2.24) is 5.32 Å². The van der Waals surface area contributed by atoms with Gasteiger partial charge in [-0.1, -0.05) is 26.3 Å². The molecule has 0 saturated carbocycles. The summed E-state index contributed by atoms with van der Waals surface area (Å²) in [5.74, 6) is -0.307. The van der Waals surface area contributed by atoms with Gasteiger partial charge >= 0.3 is 0 Å². The molecule has 102 valence electrons. The van der Waals surface area contributed by atoms with Crippen molar-refractivity contribution in [2.45, 2.75) is 46.1 Å². The molecule has 0 heterocycles. The van der Waals surface area contributed by atoms with Gasteiger partial charge in [-0.2, -0.15) is 0 Å². The molecule has 0 aliphatic rings. The summed E-state index contributed by atoms with van der Waals surface area (Å²) in [4.78, 5) is 0. The third kappa shape index (κ3) is 4.73. The van der Waals surface area contributed by atoms with Crippen LogP contribution < -0.4 is 5.32 Å². The van der Waals surface area contributed by atoms with Crippen LogP contribution in [0, 0.1) is 17.6 Å². The molecule has 3 heteroatoms. The van der Waals surface area contributed by atoms with Gasteiger partial charge in [0, 0.05) is 11.6 Å². The molecule has 0 amide bonds. The fourth-order valence-corrected chi connectivity index (χ4v) is 2.10. The highest BCUT2D eigenvalue weighted by Gasteiger charge is 2.12. The molecule has 1 aromatic carbocycles. The van der Waals surface area contributed by atoms with Crippen LogP contribution in [0.15, 0.2) is 18.2 Å². The quantitative estimate of drug-likeness (QED) is 0.778. The first-order valence-electron chi connectivity index (χ1n) is 6.70. The van der Waals surface area contributed by atoms with E-state index in [0.29, 0.717) is 12.3 Å². The Hall–Kier alpha value is -0.960. The Labute approximate surface area is 109 Å². The Bertz CT molecular complexity index is 345. The lowest BCUT2D eigenvalue weighted by Crippen LogP contribution is -2.32. The van der Waals surface area contributed by atoms with Crippen LogP contribution in [0.5, 0.6) is 0 Å². The summed E-state index contributed by atoms with van der Waals surface area (Å²) in [5, 5.41) is 3.34. The maximum Gasteiger partial charge on any atom is 0.129 e. The van der Waals surface area contributed by atoms with E-state index < -0.39 is 11.6 Å². The van der Waals surface area contributed by atoms with E-state index in [9.17, 15) is 8.78 Å². The van der Waals surface area contributed by atoms with Gasteiger partial charge in [0.25, 0.3) is 0 Å². The van der Waals surface area contributed by atoms with Crippen molar-refractivity contribution in [3.8, 4) is 0 Å². The number of nitrogens with one attached hydrogen (secondary N) is 1. The lowest BCUT2D eigenvalue weighted by molar-refractivity contribution is 0.428. The minimum absolute atomic E-state index is 0.0794. The highest BCUT2D eigenvalue weighted by Crippen LogP contribution is 2.14.